The second kappa shape index (κ2) is 7.99. The van der Waals surface area contributed by atoms with Crippen LogP contribution in [0, 0.1) is 0 Å². The van der Waals surface area contributed by atoms with Crippen molar-refractivity contribution in [3.8, 4) is 0 Å². The second-order valence-electron chi connectivity index (χ2n) is 5.83. The summed E-state index contributed by atoms with van der Waals surface area (Å²) in [6, 6.07) is 21.8. The number of Topliss-reactive ketones (excluding diaryl/α,β-unsaturated/α-hetero) is 1. The first-order valence-corrected chi connectivity index (χ1v) is 9.08. The lowest BCUT2D eigenvalue weighted by Gasteiger charge is -2.06. The Morgan fingerprint density at radius 1 is 0.920 bits per heavy atom. The van der Waals surface area contributed by atoms with E-state index in [4.69, 9.17) is 0 Å². The van der Waals surface area contributed by atoms with Gasteiger partial charge in [0.2, 0.25) is 5.91 Å². The van der Waals surface area contributed by atoms with E-state index in [-0.39, 0.29) is 11.7 Å². The molecule has 0 saturated carbocycles. The quantitative estimate of drug-likeness (QED) is 0.528. The maximum atomic E-state index is 12.4. The monoisotopic (exact) mass is 349 g/mol. The average molecular weight is 349 g/mol. The van der Waals surface area contributed by atoms with Crippen molar-refractivity contribution in [2.75, 3.05) is 5.75 Å². The number of carbonyl (C=O) groups excluding carboxylic acids is 2. The van der Waals surface area contributed by atoms with Crippen molar-refractivity contribution in [3.63, 3.8) is 0 Å². The smallest absolute Gasteiger partial charge is 0.217 e. The van der Waals surface area contributed by atoms with Gasteiger partial charge in [0.15, 0.2) is 5.78 Å². The summed E-state index contributed by atoms with van der Waals surface area (Å²) in [6.07, 6.45) is 0. The molecule has 3 aromatic rings. The van der Waals surface area contributed by atoms with Crippen molar-refractivity contribution in [2.45, 2.75) is 18.4 Å². The van der Waals surface area contributed by atoms with E-state index < -0.39 is 0 Å². The number of hydrogen-bond donors (Lipinski definition) is 1. The molecule has 0 aliphatic carbocycles. The summed E-state index contributed by atoms with van der Waals surface area (Å²) in [5.41, 5.74) is 1.67. The van der Waals surface area contributed by atoms with Crippen molar-refractivity contribution in [1.29, 1.82) is 0 Å². The first kappa shape index (κ1) is 17.2. The molecular formula is C21H19NO2S. The normalized spacial score (nSPS) is 10.6. The minimum atomic E-state index is -0.0630. The Labute approximate surface area is 151 Å². The van der Waals surface area contributed by atoms with Crippen LogP contribution < -0.4 is 5.32 Å². The molecule has 3 aromatic carbocycles. The minimum absolute atomic E-state index is 0.0630. The number of thioether (sulfide) groups is 1. The van der Waals surface area contributed by atoms with Gasteiger partial charge in [0, 0.05) is 23.9 Å². The standard InChI is InChI=1S/C21H19NO2S/c1-15(23)22-13-16-6-8-18(9-7-16)21(24)14-25-20-11-10-17-4-2-3-5-19(17)12-20/h2-12H,13-14H2,1H3,(H,22,23). The number of hydrogen-bond acceptors (Lipinski definition) is 3. The van der Waals surface area contributed by atoms with Gasteiger partial charge in [0.1, 0.15) is 0 Å². The molecule has 3 nitrogen and oxygen atoms in total. The van der Waals surface area contributed by atoms with E-state index in [0.717, 1.165) is 10.5 Å². The van der Waals surface area contributed by atoms with Gasteiger partial charge in [-0.2, -0.15) is 0 Å². The maximum absolute atomic E-state index is 12.4. The molecule has 4 heteroatoms. The number of carbonyl (C=O) groups is 2. The third-order valence-corrected chi connectivity index (χ3v) is 4.90. The summed E-state index contributed by atoms with van der Waals surface area (Å²) in [5.74, 6) is 0.444. The van der Waals surface area contributed by atoms with Gasteiger partial charge in [0.25, 0.3) is 0 Å². The molecular weight excluding hydrogens is 330 g/mol. The molecule has 126 valence electrons. The van der Waals surface area contributed by atoms with Crippen LogP contribution in [0.15, 0.2) is 71.6 Å². The summed E-state index contributed by atoms with van der Waals surface area (Å²) in [5, 5.41) is 5.13. The molecule has 0 unspecified atom stereocenters. The highest BCUT2D eigenvalue weighted by molar-refractivity contribution is 8.00. The lowest BCUT2D eigenvalue weighted by Crippen LogP contribution is -2.18. The zero-order valence-corrected chi connectivity index (χ0v) is 14.8. The molecule has 0 bridgehead atoms. The van der Waals surface area contributed by atoms with Gasteiger partial charge in [-0.25, -0.2) is 0 Å². The first-order chi connectivity index (χ1) is 12.1. The molecule has 0 aliphatic heterocycles. The number of benzene rings is 3. The summed E-state index contributed by atoms with van der Waals surface area (Å²) < 4.78 is 0. The van der Waals surface area contributed by atoms with Gasteiger partial charge >= 0.3 is 0 Å². The van der Waals surface area contributed by atoms with Crippen molar-refractivity contribution >= 4 is 34.2 Å². The molecule has 25 heavy (non-hydrogen) atoms. The minimum Gasteiger partial charge on any atom is -0.352 e. The van der Waals surface area contributed by atoms with Crippen LogP contribution >= 0.6 is 11.8 Å². The largest absolute Gasteiger partial charge is 0.352 e. The van der Waals surface area contributed by atoms with Gasteiger partial charge < -0.3 is 5.32 Å². The van der Waals surface area contributed by atoms with Crippen molar-refractivity contribution in [3.05, 3.63) is 77.9 Å². The SMILES string of the molecule is CC(=O)NCc1ccc(C(=O)CSc2ccc3ccccc3c2)cc1. The van der Waals surface area contributed by atoms with Crippen LogP contribution in [0.25, 0.3) is 10.8 Å². The maximum Gasteiger partial charge on any atom is 0.217 e. The first-order valence-electron chi connectivity index (χ1n) is 8.10. The van der Waals surface area contributed by atoms with E-state index >= 15 is 0 Å². The van der Waals surface area contributed by atoms with Crippen LogP contribution in [-0.2, 0) is 11.3 Å². The van der Waals surface area contributed by atoms with Crippen molar-refractivity contribution < 1.29 is 9.59 Å². The van der Waals surface area contributed by atoms with Crippen LogP contribution in [0.2, 0.25) is 0 Å². The zero-order chi connectivity index (χ0) is 17.6. The zero-order valence-electron chi connectivity index (χ0n) is 14.0. The Bertz CT molecular complexity index is 903. The van der Waals surface area contributed by atoms with Crippen molar-refractivity contribution in [2.24, 2.45) is 0 Å². The van der Waals surface area contributed by atoms with E-state index in [0.29, 0.717) is 17.9 Å². The molecule has 0 heterocycles. The highest BCUT2D eigenvalue weighted by atomic mass is 32.2. The van der Waals surface area contributed by atoms with Crippen molar-refractivity contribution in [1.82, 2.24) is 5.32 Å². The molecule has 0 aromatic heterocycles. The van der Waals surface area contributed by atoms with Crippen LogP contribution in [0.1, 0.15) is 22.8 Å². The molecule has 1 N–H and O–H groups in total. The molecule has 0 fully saturated rings. The fraction of sp³-hybridized carbons (Fsp3) is 0.143. The summed E-state index contributed by atoms with van der Waals surface area (Å²) >= 11 is 1.55. The summed E-state index contributed by atoms with van der Waals surface area (Å²) in [7, 11) is 0. The Balaban J connectivity index is 1.60. The lowest BCUT2D eigenvalue weighted by molar-refractivity contribution is -0.119. The highest BCUT2D eigenvalue weighted by Crippen LogP contribution is 2.24. The summed E-state index contributed by atoms with van der Waals surface area (Å²) in [6.45, 7) is 1.97. The van der Waals surface area contributed by atoms with Crippen LogP contribution in [0.4, 0.5) is 0 Å². The second-order valence-corrected chi connectivity index (χ2v) is 6.88. The summed E-state index contributed by atoms with van der Waals surface area (Å²) in [4.78, 5) is 24.4. The molecule has 0 aliphatic rings. The Kier molecular flexibility index (Phi) is 5.51. The fourth-order valence-electron chi connectivity index (χ4n) is 2.52. The lowest BCUT2D eigenvalue weighted by atomic mass is 10.1. The molecule has 3 rings (SSSR count). The van der Waals surface area contributed by atoms with E-state index in [1.54, 1.807) is 11.8 Å². The number of fused-ring (bicyclic) bond motifs is 1. The Morgan fingerprint density at radius 2 is 1.64 bits per heavy atom. The third kappa shape index (κ3) is 4.70. The van der Waals surface area contributed by atoms with Gasteiger partial charge in [-0.05, 0) is 28.5 Å². The molecule has 1 amide bonds. The number of ketones is 1. The average Bonchev–Trinajstić information content (AvgIpc) is 2.64. The molecule has 0 spiro atoms. The van der Waals surface area contributed by atoms with Gasteiger partial charge in [-0.15, -0.1) is 11.8 Å². The highest BCUT2D eigenvalue weighted by Gasteiger charge is 2.07. The van der Waals surface area contributed by atoms with E-state index in [9.17, 15) is 9.59 Å². The fourth-order valence-corrected chi connectivity index (χ4v) is 3.36. The van der Waals surface area contributed by atoms with Crippen LogP contribution in [0.3, 0.4) is 0 Å². The Morgan fingerprint density at radius 3 is 2.36 bits per heavy atom. The topological polar surface area (TPSA) is 46.2 Å². The molecule has 0 saturated heterocycles. The van der Waals surface area contributed by atoms with Gasteiger partial charge in [-0.1, -0.05) is 54.6 Å². The van der Waals surface area contributed by atoms with Crippen LogP contribution in [-0.4, -0.2) is 17.4 Å². The van der Waals surface area contributed by atoms with E-state index in [1.165, 1.54) is 17.7 Å². The number of nitrogens with one attached hydrogen (secondary N) is 1. The van der Waals surface area contributed by atoms with Crippen LogP contribution in [0.5, 0.6) is 0 Å². The number of amides is 1. The Hall–Kier alpha value is -2.59. The molecule has 0 atom stereocenters. The van der Waals surface area contributed by atoms with Gasteiger partial charge in [0.05, 0.1) is 5.75 Å². The van der Waals surface area contributed by atoms with Gasteiger partial charge in [-0.3, -0.25) is 9.59 Å². The third-order valence-electron chi connectivity index (χ3n) is 3.91. The predicted molar refractivity (Wildman–Crippen MR) is 103 cm³/mol. The van der Waals surface area contributed by atoms with E-state index in [1.807, 2.05) is 36.4 Å². The number of rotatable bonds is 6. The predicted octanol–water partition coefficient (Wildman–Crippen LogP) is 4.45. The molecule has 0 radical (unpaired) electrons. The van der Waals surface area contributed by atoms with E-state index in [2.05, 4.69) is 35.6 Å².